The van der Waals surface area contributed by atoms with Crippen LogP contribution in [-0.2, 0) is 6.54 Å². The van der Waals surface area contributed by atoms with E-state index in [1.54, 1.807) is 14.2 Å². The molecule has 1 aromatic heterocycles. The number of aryl methyl sites for hydroxylation is 1. The van der Waals surface area contributed by atoms with Gasteiger partial charge in [-0.1, -0.05) is 0 Å². The van der Waals surface area contributed by atoms with Crippen LogP contribution in [0.25, 0.3) is 0 Å². The minimum absolute atomic E-state index is 0.159. The Labute approximate surface area is 119 Å². The molecule has 2 aromatic rings. The van der Waals surface area contributed by atoms with Crippen LogP contribution >= 0.6 is 0 Å². The summed E-state index contributed by atoms with van der Waals surface area (Å²) in [5.74, 6) is 1.53. The predicted molar refractivity (Wildman–Crippen MR) is 79.5 cm³/mol. The van der Waals surface area contributed by atoms with Gasteiger partial charge in [-0.3, -0.25) is 4.68 Å². The smallest absolute Gasteiger partial charge is 0.124 e. The highest BCUT2D eigenvalue weighted by Gasteiger charge is 2.09. The normalized spacial score (nSPS) is 12.0. The maximum Gasteiger partial charge on any atom is 0.124 e. The number of rotatable bonds is 6. The van der Waals surface area contributed by atoms with Gasteiger partial charge in [-0.15, -0.1) is 0 Å². The van der Waals surface area contributed by atoms with Crippen LogP contribution < -0.4 is 14.8 Å². The quantitative estimate of drug-likeness (QED) is 0.880. The fraction of sp³-hybridized carbons (Fsp3) is 0.400. The average Bonchev–Trinajstić information content (AvgIpc) is 2.95. The molecule has 1 atom stereocenters. The fourth-order valence-corrected chi connectivity index (χ4v) is 2.00. The van der Waals surface area contributed by atoms with Crippen LogP contribution in [0.1, 0.15) is 25.5 Å². The van der Waals surface area contributed by atoms with Gasteiger partial charge in [0.25, 0.3) is 0 Å². The monoisotopic (exact) mass is 275 g/mol. The van der Waals surface area contributed by atoms with E-state index >= 15 is 0 Å². The summed E-state index contributed by atoms with van der Waals surface area (Å²) in [7, 11) is 3.29. The molecular formula is C15H21N3O2. The number of methoxy groups -OCH3 is 2. The summed E-state index contributed by atoms with van der Waals surface area (Å²) in [5, 5.41) is 7.72. The van der Waals surface area contributed by atoms with E-state index in [-0.39, 0.29) is 6.04 Å². The van der Waals surface area contributed by atoms with E-state index < -0.39 is 0 Å². The largest absolute Gasteiger partial charge is 0.497 e. The molecule has 0 fully saturated rings. The highest BCUT2D eigenvalue weighted by atomic mass is 16.5. The molecule has 2 rings (SSSR count). The van der Waals surface area contributed by atoms with Crippen molar-refractivity contribution < 1.29 is 9.47 Å². The Kier molecular flexibility index (Phi) is 4.50. The summed E-state index contributed by atoms with van der Waals surface area (Å²) in [6.45, 7) is 5.05. The first-order valence-electron chi connectivity index (χ1n) is 6.68. The molecule has 20 heavy (non-hydrogen) atoms. The first-order valence-corrected chi connectivity index (χ1v) is 6.68. The van der Waals surface area contributed by atoms with Crippen molar-refractivity contribution in [3.05, 3.63) is 36.2 Å². The maximum absolute atomic E-state index is 5.27. The third-order valence-corrected chi connectivity index (χ3v) is 3.21. The van der Waals surface area contributed by atoms with Gasteiger partial charge < -0.3 is 14.8 Å². The molecule has 1 N–H and O–H groups in total. The van der Waals surface area contributed by atoms with Crippen molar-refractivity contribution in [3.63, 3.8) is 0 Å². The van der Waals surface area contributed by atoms with Gasteiger partial charge in [0.05, 0.1) is 26.5 Å². The lowest BCUT2D eigenvalue weighted by molar-refractivity contribution is 0.394. The van der Waals surface area contributed by atoms with Gasteiger partial charge in [-0.25, -0.2) is 0 Å². The van der Waals surface area contributed by atoms with Gasteiger partial charge in [0, 0.05) is 42.2 Å². The Bertz CT molecular complexity index is 544. The summed E-state index contributed by atoms with van der Waals surface area (Å²) < 4.78 is 12.5. The van der Waals surface area contributed by atoms with E-state index in [4.69, 9.17) is 9.47 Å². The molecular weight excluding hydrogens is 254 g/mol. The Hall–Kier alpha value is -2.17. The van der Waals surface area contributed by atoms with Crippen LogP contribution in [-0.4, -0.2) is 24.0 Å². The van der Waals surface area contributed by atoms with Crippen molar-refractivity contribution in [2.24, 2.45) is 0 Å². The van der Waals surface area contributed by atoms with E-state index in [9.17, 15) is 0 Å². The predicted octanol–water partition coefficient (Wildman–Crippen LogP) is 3.09. The van der Waals surface area contributed by atoms with Gasteiger partial charge in [-0.05, 0) is 13.8 Å². The molecule has 0 aliphatic heterocycles. The zero-order valence-electron chi connectivity index (χ0n) is 12.4. The lowest BCUT2D eigenvalue weighted by atomic mass is 10.1. The third kappa shape index (κ3) is 3.23. The summed E-state index contributed by atoms with van der Waals surface area (Å²) in [5.41, 5.74) is 2.10. The molecule has 0 saturated carbocycles. The molecule has 1 unspecified atom stereocenters. The van der Waals surface area contributed by atoms with Crippen LogP contribution in [0.4, 0.5) is 5.69 Å². The van der Waals surface area contributed by atoms with Crippen molar-refractivity contribution in [1.29, 1.82) is 0 Å². The van der Waals surface area contributed by atoms with E-state index in [0.29, 0.717) is 0 Å². The number of nitrogens with one attached hydrogen (secondary N) is 1. The average molecular weight is 275 g/mol. The second-order valence-electron chi connectivity index (χ2n) is 4.60. The number of nitrogens with zero attached hydrogens (tertiary/aromatic N) is 2. The van der Waals surface area contributed by atoms with Crippen molar-refractivity contribution in [1.82, 2.24) is 9.78 Å². The van der Waals surface area contributed by atoms with E-state index in [2.05, 4.69) is 30.5 Å². The van der Waals surface area contributed by atoms with Crippen molar-refractivity contribution in [2.45, 2.75) is 26.4 Å². The molecule has 0 amide bonds. The number of anilines is 1. The van der Waals surface area contributed by atoms with Crippen LogP contribution in [0, 0.1) is 0 Å². The molecule has 0 aliphatic carbocycles. The highest BCUT2D eigenvalue weighted by molar-refractivity contribution is 5.54. The molecule has 0 aliphatic rings. The van der Waals surface area contributed by atoms with Crippen LogP contribution in [0.5, 0.6) is 11.5 Å². The standard InChI is InChI=1S/C15H21N3O2/c1-5-18-10-12(9-16-18)11(2)17-13-6-14(19-3)8-15(7-13)20-4/h6-11,17H,5H2,1-4H3. The Balaban J connectivity index is 2.15. The molecule has 108 valence electrons. The molecule has 5 heteroatoms. The number of hydrogen-bond acceptors (Lipinski definition) is 4. The lowest BCUT2D eigenvalue weighted by Crippen LogP contribution is -2.06. The van der Waals surface area contributed by atoms with Crippen LogP contribution in [0.3, 0.4) is 0 Å². The van der Waals surface area contributed by atoms with Gasteiger partial charge in [0.15, 0.2) is 0 Å². The van der Waals surface area contributed by atoms with Crippen molar-refractivity contribution in [3.8, 4) is 11.5 Å². The minimum Gasteiger partial charge on any atom is -0.497 e. The first kappa shape index (κ1) is 14.2. The lowest BCUT2D eigenvalue weighted by Gasteiger charge is -2.15. The molecule has 0 saturated heterocycles. The van der Waals surface area contributed by atoms with E-state index in [0.717, 1.165) is 29.3 Å². The molecule has 1 aromatic carbocycles. The first-order chi connectivity index (χ1) is 9.66. The van der Waals surface area contributed by atoms with Crippen LogP contribution in [0.2, 0.25) is 0 Å². The minimum atomic E-state index is 0.159. The number of ether oxygens (including phenoxy) is 2. The van der Waals surface area contributed by atoms with Crippen molar-refractivity contribution >= 4 is 5.69 Å². The Morgan fingerprint density at radius 2 is 1.85 bits per heavy atom. The zero-order valence-corrected chi connectivity index (χ0v) is 12.4. The molecule has 1 heterocycles. The zero-order chi connectivity index (χ0) is 14.5. The maximum atomic E-state index is 5.27. The molecule has 0 bridgehead atoms. The highest BCUT2D eigenvalue weighted by Crippen LogP contribution is 2.28. The van der Waals surface area contributed by atoms with Gasteiger partial charge in [0.2, 0.25) is 0 Å². The third-order valence-electron chi connectivity index (χ3n) is 3.21. The number of benzene rings is 1. The molecule has 0 radical (unpaired) electrons. The summed E-state index contributed by atoms with van der Waals surface area (Å²) in [6, 6.07) is 5.91. The summed E-state index contributed by atoms with van der Waals surface area (Å²) in [4.78, 5) is 0. The number of hydrogen-bond donors (Lipinski definition) is 1. The Morgan fingerprint density at radius 1 is 1.20 bits per heavy atom. The van der Waals surface area contributed by atoms with Gasteiger partial charge >= 0.3 is 0 Å². The van der Waals surface area contributed by atoms with Crippen LogP contribution in [0.15, 0.2) is 30.6 Å². The topological polar surface area (TPSA) is 48.3 Å². The number of aromatic nitrogens is 2. The van der Waals surface area contributed by atoms with E-state index in [1.165, 1.54) is 0 Å². The van der Waals surface area contributed by atoms with E-state index in [1.807, 2.05) is 29.1 Å². The molecule has 5 nitrogen and oxygen atoms in total. The van der Waals surface area contributed by atoms with Gasteiger partial charge in [0.1, 0.15) is 11.5 Å². The fourth-order valence-electron chi connectivity index (χ4n) is 2.00. The SMILES string of the molecule is CCn1cc(C(C)Nc2cc(OC)cc(OC)c2)cn1. The molecule has 0 spiro atoms. The second kappa shape index (κ2) is 6.32. The summed E-state index contributed by atoms with van der Waals surface area (Å²) >= 11 is 0. The second-order valence-corrected chi connectivity index (χ2v) is 4.60. The van der Waals surface area contributed by atoms with Crippen molar-refractivity contribution in [2.75, 3.05) is 19.5 Å². The van der Waals surface area contributed by atoms with Gasteiger partial charge in [-0.2, -0.15) is 5.10 Å². The summed E-state index contributed by atoms with van der Waals surface area (Å²) in [6.07, 6.45) is 3.94. The Morgan fingerprint density at radius 3 is 2.35 bits per heavy atom.